The molecule has 30 heavy (non-hydrogen) atoms. The summed E-state index contributed by atoms with van der Waals surface area (Å²) < 4.78 is 34.1. The maximum atomic E-state index is 12.5. The van der Waals surface area contributed by atoms with Gasteiger partial charge in [-0.2, -0.15) is 13.4 Å². The molecule has 1 saturated heterocycles. The Morgan fingerprint density at radius 1 is 1.27 bits per heavy atom. The van der Waals surface area contributed by atoms with Gasteiger partial charge in [0.05, 0.1) is 13.2 Å². The lowest BCUT2D eigenvalue weighted by atomic mass is 10.2. The zero-order valence-corrected chi connectivity index (χ0v) is 18.5. The lowest BCUT2D eigenvalue weighted by Crippen LogP contribution is -2.36. The first-order valence-corrected chi connectivity index (χ1v) is 11.8. The van der Waals surface area contributed by atoms with Crippen LogP contribution in [0.3, 0.4) is 0 Å². The number of guanidine groups is 1. The van der Waals surface area contributed by atoms with E-state index in [1.54, 1.807) is 13.0 Å². The molecule has 4 rings (SSSR count). The number of nitrogens with zero attached hydrogens (tertiary/aromatic N) is 3. The number of thioether (sulfide) groups is 1. The van der Waals surface area contributed by atoms with Gasteiger partial charge in [-0.1, -0.05) is 11.6 Å². The van der Waals surface area contributed by atoms with Crippen LogP contribution in [0.25, 0.3) is 0 Å². The van der Waals surface area contributed by atoms with Crippen molar-refractivity contribution in [1.29, 1.82) is 0 Å². The number of hydrogen-bond donors (Lipinski definition) is 2. The number of amidine groups is 1. The molecule has 0 bridgehead atoms. The Bertz CT molecular complexity index is 1130. The molecule has 0 atom stereocenters. The first kappa shape index (κ1) is 21.0. The predicted octanol–water partition coefficient (Wildman–Crippen LogP) is 3.06. The number of aryl methyl sites for hydroxylation is 1. The largest absolute Gasteiger partial charge is 0.378 e. The van der Waals surface area contributed by atoms with Crippen LogP contribution in [0.5, 0.6) is 0 Å². The summed E-state index contributed by atoms with van der Waals surface area (Å²) in [4.78, 5) is 6.98. The van der Waals surface area contributed by atoms with E-state index in [1.165, 1.54) is 6.07 Å². The molecule has 2 aromatic carbocycles. The summed E-state index contributed by atoms with van der Waals surface area (Å²) in [6.07, 6.45) is 0. The molecule has 0 saturated carbocycles. The van der Waals surface area contributed by atoms with Crippen LogP contribution < -0.4 is 16.0 Å². The van der Waals surface area contributed by atoms with E-state index < -0.39 is 10.0 Å². The molecule has 158 valence electrons. The number of sulfonamides is 1. The molecule has 2 aliphatic rings. The van der Waals surface area contributed by atoms with Crippen LogP contribution in [0, 0.1) is 6.92 Å². The molecule has 0 aliphatic carbocycles. The third-order valence-electron chi connectivity index (χ3n) is 4.63. The number of aliphatic imine (C=N–C) groups is 1. The summed E-state index contributed by atoms with van der Waals surface area (Å²) in [5.74, 6) is 0.0391. The van der Waals surface area contributed by atoms with E-state index in [0.717, 1.165) is 49.4 Å². The summed E-state index contributed by atoms with van der Waals surface area (Å²) in [6, 6.07) is 10.9. The number of rotatable bonds is 2. The number of nitrogens with two attached hydrogens (primary N) is 1. The zero-order valence-electron chi connectivity index (χ0n) is 16.1. The van der Waals surface area contributed by atoms with Gasteiger partial charge in [-0.25, -0.2) is 0 Å². The summed E-state index contributed by atoms with van der Waals surface area (Å²) >= 11 is 7.24. The molecule has 2 heterocycles. The number of benzene rings is 2. The highest BCUT2D eigenvalue weighted by Gasteiger charge is 2.27. The van der Waals surface area contributed by atoms with Crippen molar-refractivity contribution in [3.63, 3.8) is 0 Å². The van der Waals surface area contributed by atoms with E-state index in [9.17, 15) is 8.42 Å². The first-order valence-electron chi connectivity index (χ1n) is 9.19. The van der Waals surface area contributed by atoms with Gasteiger partial charge in [0.1, 0.15) is 4.90 Å². The first-order chi connectivity index (χ1) is 14.3. The highest BCUT2D eigenvalue weighted by Crippen LogP contribution is 2.37. The van der Waals surface area contributed by atoms with Gasteiger partial charge < -0.3 is 20.7 Å². The maximum Gasteiger partial charge on any atom is 0.285 e. The second kappa shape index (κ2) is 8.46. The summed E-state index contributed by atoms with van der Waals surface area (Å²) in [5, 5.41) is 3.47. The fourth-order valence-electron chi connectivity index (χ4n) is 3.09. The molecule has 0 amide bonds. The fourth-order valence-corrected chi connectivity index (χ4v) is 5.86. The van der Waals surface area contributed by atoms with Crippen LogP contribution >= 0.6 is 23.4 Å². The monoisotopic (exact) mass is 465 g/mol. The lowest BCUT2D eigenvalue weighted by Gasteiger charge is -2.28. The minimum Gasteiger partial charge on any atom is -0.378 e. The Morgan fingerprint density at radius 2 is 1.97 bits per heavy atom. The minimum atomic E-state index is -3.86. The van der Waals surface area contributed by atoms with E-state index >= 15 is 0 Å². The SMILES string of the molecule is Cc1cc2c(cc1Cl)SC(/N=C(/N)Nc1ccc(N3CCOCC3)cc1)=NS2(=O)=O. The smallest absolute Gasteiger partial charge is 0.285 e. The highest BCUT2D eigenvalue weighted by atomic mass is 35.5. The molecule has 2 aromatic rings. The van der Waals surface area contributed by atoms with Crippen molar-refractivity contribution in [1.82, 2.24) is 0 Å². The molecular formula is C19H20ClN5O3S2. The molecule has 2 aliphatic heterocycles. The second-order valence-electron chi connectivity index (χ2n) is 6.77. The van der Waals surface area contributed by atoms with Crippen molar-refractivity contribution >= 4 is 55.9 Å². The minimum absolute atomic E-state index is 0.0253. The van der Waals surface area contributed by atoms with Crippen LogP contribution in [0.1, 0.15) is 5.56 Å². The zero-order chi connectivity index (χ0) is 21.3. The molecule has 11 heteroatoms. The number of fused-ring (bicyclic) bond motifs is 1. The molecule has 0 spiro atoms. The van der Waals surface area contributed by atoms with Gasteiger partial charge in [0.2, 0.25) is 5.17 Å². The van der Waals surface area contributed by atoms with Gasteiger partial charge in [0.25, 0.3) is 10.0 Å². The van der Waals surface area contributed by atoms with Crippen molar-refractivity contribution in [2.45, 2.75) is 16.7 Å². The summed E-state index contributed by atoms with van der Waals surface area (Å²) in [7, 11) is -3.86. The van der Waals surface area contributed by atoms with E-state index in [4.69, 9.17) is 22.1 Å². The van der Waals surface area contributed by atoms with E-state index in [-0.39, 0.29) is 16.0 Å². The Morgan fingerprint density at radius 3 is 2.67 bits per heavy atom. The molecule has 1 fully saturated rings. The number of ether oxygens (including phenoxy) is 1. The van der Waals surface area contributed by atoms with Crippen molar-refractivity contribution in [3.8, 4) is 0 Å². The van der Waals surface area contributed by atoms with E-state index in [2.05, 4.69) is 19.6 Å². The predicted molar refractivity (Wildman–Crippen MR) is 121 cm³/mol. The van der Waals surface area contributed by atoms with Crippen molar-refractivity contribution in [2.75, 3.05) is 36.5 Å². The Balaban J connectivity index is 1.50. The van der Waals surface area contributed by atoms with Crippen LogP contribution in [-0.2, 0) is 14.8 Å². The van der Waals surface area contributed by atoms with Gasteiger partial charge in [-0.05, 0) is 60.6 Å². The van der Waals surface area contributed by atoms with Gasteiger partial charge in [-0.15, -0.1) is 4.40 Å². The van der Waals surface area contributed by atoms with Gasteiger partial charge in [0.15, 0.2) is 5.96 Å². The normalized spacial score (nSPS) is 18.5. The number of halogens is 1. The molecule has 0 unspecified atom stereocenters. The molecule has 8 nitrogen and oxygen atoms in total. The van der Waals surface area contributed by atoms with Crippen molar-refractivity contribution in [2.24, 2.45) is 15.1 Å². The number of anilines is 2. The maximum absolute atomic E-state index is 12.5. The lowest BCUT2D eigenvalue weighted by molar-refractivity contribution is 0.122. The number of hydrogen-bond acceptors (Lipinski definition) is 6. The fraction of sp³-hybridized carbons (Fsp3) is 0.263. The van der Waals surface area contributed by atoms with E-state index in [1.807, 2.05) is 24.3 Å². The van der Waals surface area contributed by atoms with E-state index in [0.29, 0.717) is 15.5 Å². The molecular weight excluding hydrogens is 446 g/mol. The number of nitrogens with one attached hydrogen (secondary N) is 1. The molecule has 3 N–H and O–H groups in total. The van der Waals surface area contributed by atoms with Gasteiger partial charge in [0, 0.05) is 34.4 Å². The van der Waals surface area contributed by atoms with Gasteiger partial charge in [-0.3, -0.25) is 0 Å². The topological polar surface area (TPSA) is 109 Å². The third-order valence-corrected chi connectivity index (χ3v) is 7.52. The van der Waals surface area contributed by atoms with Crippen molar-refractivity contribution < 1.29 is 13.2 Å². The third kappa shape index (κ3) is 4.56. The van der Waals surface area contributed by atoms with Crippen molar-refractivity contribution in [3.05, 3.63) is 47.0 Å². The van der Waals surface area contributed by atoms with Crippen LogP contribution in [0.15, 0.2) is 55.6 Å². The Hall–Kier alpha value is -2.27. The van der Waals surface area contributed by atoms with Gasteiger partial charge >= 0.3 is 0 Å². The number of morpholine rings is 1. The highest BCUT2D eigenvalue weighted by molar-refractivity contribution is 8.15. The Kier molecular flexibility index (Phi) is 5.92. The van der Waals surface area contributed by atoms with Crippen LogP contribution in [0.2, 0.25) is 5.02 Å². The molecule has 0 radical (unpaired) electrons. The Labute approximate surface area is 184 Å². The van der Waals surface area contributed by atoms with Crippen LogP contribution in [0.4, 0.5) is 11.4 Å². The average Bonchev–Trinajstić information content (AvgIpc) is 2.70. The molecule has 0 aromatic heterocycles. The quantitative estimate of drug-likeness (QED) is 0.518. The van der Waals surface area contributed by atoms with Crippen LogP contribution in [-0.4, -0.2) is 45.8 Å². The second-order valence-corrected chi connectivity index (χ2v) is 9.76. The summed E-state index contributed by atoms with van der Waals surface area (Å²) in [5.41, 5.74) is 8.48. The summed E-state index contributed by atoms with van der Waals surface area (Å²) in [6.45, 7) is 4.89. The average molecular weight is 466 g/mol. The standard InChI is InChI=1S/C19H20ClN5O3S2/c1-12-10-17-16(11-15(12)20)29-19(24-30(17,26)27)23-18(21)22-13-2-4-14(5-3-13)25-6-8-28-9-7-25/h2-5,10-11H,6-9H2,1H3,(H3,21,22,23,24).